The summed E-state index contributed by atoms with van der Waals surface area (Å²) in [6.07, 6.45) is 2.31. The van der Waals surface area contributed by atoms with Crippen LogP contribution in [0.4, 0.5) is 23.7 Å². The Bertz CT molecular complexity index is 1600. The van der Waals surface area contributed by atoms with Gasteiger partial charge in [0.25, 0.3) is 0 Å². The van der Waals surface area contributed by atoms with Crippen molar-refractivity contribution in [3.63, 3.8) is 0 Å². The maximum Gasteiger partial charge on any atom is 0.405 e. The first-order valence-corrected chi connectivity index (χ1v) is 15.6. The van der Waals surface area contributed by atoms with E-state index in [-0.39, 0.29) is 35.2 Å². The summed E-state index contributed by atoms with van der Waals surface area (Å²) in [5.41, 5.74) is 0.0423. The van der Waals surface area contributed by atoms with Crippen molar-refractivity contribution < 1.29 is 37.4 Å². The van der Waals surface area contributed by atoms with Crippen LogP contribution in [0.5, 0.6) is 0 Å². The number of piperidine rings is 1. The SMILES string of the molecule is CC(=O)N1CCC2(CC1)CNC[C@@H](CCc1c(F)cncc1NC(=O)[C@@H](NC(=O)O)[C@@H](c1ccc(Cl)cc1)c1cc(F)cc(F)c1)O2. The molecule has 0 bridgehead atoms. The average Bonchev–Trinajstić information content (AvgIpc) is 3.01. The van der Waals surface area contributed by atoms with Crippen LogP contribution in [0.3, 0.4) is 0 Å². The number of hydrogen-bond acceptors (Lipinski definition) is 6. The Morgan fingerprint density at radius 1 is 1.09 bits per heavy atom. The Balaban J connectivity index is 1.37. The summed E-state index contributed by atoms with van der Waals surface area (Å²) >= 11 is 6.05. The zero-order valence-electron chi connectivity index (χ0n) is 25.6. The number of anilines is 1. The number of ether oxygens (including phenoxy) is 1. The van der Waals surface area contributed by atoms with Crippen LogP contribution in [0.2, 0.25) is 5.02 Å². The first kappa shape index (κ1) is 34.1. The van der Waals surface area contributed by atoms with Gasteiger partial charge in [0.1, 0.15) is 23.5 Å². The highest BCUT2D eigenvalue weighted by Crippen LogP contribution is 2.33. The number of pyridine rings is 1. The fourth-order valence-electron chi connectivity index (χ4n) is 6.36. The summed E-state index contributed by atoms with van der Waals surface area (Å²) in [5, 5.41) is 18.2. The maximum absolute atomic E-state index is 15.2. The van der Waals surface area contributed by atoms with Crippen molar-refractivity contribution in [2.45, 2.75) is 56.3 Å². The topological polar surface area (TPSA) is 133 Å². The van der Waals surface area contributed by atoms with E-state index in [1.807, 2.05) is 0 Å². The molecule has 3 heterocycles. The maximum atomic E-state index is 15.2. The quantitative estimate of drug-likeness (QED) is 0.255. The van der Waals surface area contributed by atoms with Gasteiger partial charge in [0.15, 0.2) is 0 Å². The fraction of sp³-hybridized carbons (Fsp3) is 0.394. The molecule has 1 spiro atoms. The van der Waals surface area contributed by atoms with Gasteiger partial charge < -0.3 is 30.7 Å². The lowest BCUT2D eigenvalue weighted by Crippen LogP contribution is -2.58. The normalized spacial score (nSPS) is 18.7. The molecule has 2 aromatic carbocycles. The molecule has 3 amide bonds. The highest BCUT2D eigenvalue weighted by Gasteiger charge is 2.40. The van der Waals surface area contributed by atoms with Crippen LogP contribution in [0, 0.1) is 17.5 Å². The van der Waals surface area contributed by atoms with Gasteiger partial charge in [-0.25, -0.2) is 18.0 Å². The number of carbonyl (C=O) groups is 3. The molecule has 0 saturated carbocycles. The highest BCUT2D eigenvalue weighted by molar-refractivity contribution is 6.30. The smallest absolute Gasteiger partial charge is 0.405 e. The number of likely N-dealkylation sites (tertiary alicyclic amines) is 1. The number of rotatable bonds is 9. The van der Waals surface area contributed by atoms with E-state index in [9.17, 15) is 28.3 Å². The van der Waals surface area contributed by atoms with E-state index in [1.165, 1.54) is 30.5 Å². The molecule has 0 radical (unpaired) electrons. The van der Waals surface area contributed by atoms with Crippen LogP contribution in [-0.2, 0) is 20.7 Å². The number of amides is 3. The standard InChI is InChI=1S/C33H35ClF3N5O5/c1-19(43)42-10-8-33(9-11-42)18-39-15-25(47-33)6-7-26-27(37)16-38-17-28(26)40-31(44)30(41-32(45)46)29(20-2-4-22(34)5-3-20)21-12-23(35)14-24(36)13-21/h2-5,12-14,16-17,25,29-30,39,41H,6-11,15,18H2,1H3,(H,40,44)(H,45,46)/t25-,29+,30+/m1/s1. The first-order valence-electron chi connectivity index (χ1n) is 15.2. The summed E-state index contributed by atoms with van der Waals surface area (Å²) in [7, 11) is 0. The van der Waals surface area contributed by atoms with Gasteiger partial charge in [-0.15, -0.1) is 0 Å². The number of aromatic nitrogens is 1. The van der Waals surface area contributed by atoms with Crippen LogP contribution < -0.4 is 16.0 Å². The molecule has 47 heavy (non-hydrogen) atoms. The van der Waals surface area contributed by atoms with E-state index in [0.717, 1.165) is 18.3 Å². The minimum absolute atomic E-state index is 0.0127. The first-order chi connectivity index (χ1) is 22.4. The average molecular weight is 674 g/mol. The number of nitrogens with one attached hydrogen (secondary N) is 3. The molecule has 2 fully saturated rings. The van der Waals surface area contributed by atoms with Gasteiger partial charge in [0.05, 0.1) is 29.8 Å². The van der Waals surface area contributed by atoms with Gasteiger partial charge >= 0.3 is 6.09 Å². The minimum Gasteiger partial charge on any atom is -0.465 e. The van der Waals surface area contributed by atoms with Crippen molar-refractivity contribution in [1.82, 2.24) is 20.5 Å². The molecular weight excluding hydrogens is 639 g/mol. The zero-order chi connectivity index (χ0) is 33.7. The Labute approximate surface area is 274 Å². The van der Waals surface area contributed by atoms with Gasteiger partial charge in [-0.1, -0.05) is 23.7 Å². The molecule has 2 aliphatic heterocycles. The van der Waals surface area contributed by atoms with Crippen molar-refractivity contribution in [3.8, 4) is 0 Å². The Kier molecular flexibility index (Phi) is 10.7. The molecule has 3 aromatic rings. The van der Waals surface area contributed by atoms with Gasteiger partial charge in [-0.05, 0) is 61.1 Å². The second kappa shape index (κ2) is 14.7. The number of hydrogen-bond donors (Lipinski definition) is 4. The third kappa shape index (κ3) is 8.40. The van der Waals surface area contributed by atoms with Gasteiger partial charge in [-0.3, -0.25) is 14.6 Å². The lowest BCUT2D eigenvalue weighted by atomic mass is 9.84. The Morgan fingerprint density at radius 2 is 1.77 bits per heavy atom. The van der Waals surface area contributed by atoms with Crippen LogP contribution in [0.25, 0.3) is 0 Å². The summed E-state index contributed by atoms with van der Waals surface area (Å²) in [6.45, 7) is 3.89. The summed E-state index contributed by atoms with van der Waals surface area (Å²) in [4.78, 5) is 43.2. The summed E-state index contributed by atoms with van der Waals surface area (Å²) < 4.78 is 50.5. The lowest BCUT2D eigenvalue weighted by molar-refractivity contribution is -0.153. The molecule has 250 valence electrons. The van der Waals surface area contributed by atoms with E-state index < -0.39 is 47.0 Å². The largest absolute Gasteiger partial charge is 0.465 e. The molecule has 1 aromatic heterocycles. The molecule has 2 saturated heterocycles. The second-order valence-corrected chi connectivity index (χ2v) is 12.3. The van der Waals surface area contributed by atoms with Gasteiger partial charge in [0, 0.05) is 55.7 Å². The van der Waals surface area contributed by atoms with E-state index >= 15 is 4.39 Å². The van der Waals surface area contributed by atoms with Crippen molar-refractivity contribution in [3.05, 3.63) is 94.0 Å². The Hall–Kier alpha value is -4.20. The molecular formula is C33H35ClF3N5O5. The number of carbonyl (C=O) groups excluding carboxylic acids is 2. The van der Waals surface area contributed by atoms with Gasteiger partial charge in [-0.2, -0.15) is 0 Å². The molecule has 4 N–H and O–H groups in total. The fourth-order valence-corrected chi connectivity index (χ4v) is 6.48. The molecule has 5 rings (SSSR count). The summed E-state index contributed by atoms with van der Waals surface area (Å²) in [5.74, 6) is -4.61. The van der Waals surface area contributed by atoms with E-state index in [4.69, 9.17) is 16.3 Å². The molecule has 0 aliphatic carbocycles. The van der Waals surface area contributed by atoms with Crippen LogP contribution >= 0.6 is 11.6 Å². The molecule has 0 unspecified atom stereocenters. The van der Waals surface area contributed by atoms with Crippen molar-refractivity contribution >= 4 is 35.2 Å². The minimum atomic E-state index is -1.61. The van der Waals surface area contributed by atoms with Crippen molar-refractivity contribution in [1.29, 1.82) is 0 Å². The number of benzene rings is 2. The number of halogens is 4. The Morgan fingerprint density at radius 3 is 2.40 bits per heavy atom. The van der Waals surface area contributed by atoms with Crippen LogP contribution in [-0.4, -0.2) is 76.8 Å². The lowest BCUT2D eigenvalue weighted by Gasteiger charge is -2.46. The third-order valence-electron chi connectivity index (χ3n) is 8.70. The van der Waals surface area contributed by atoms with Crippen molar-refractivity contribution in [2.75, 3.05) is 31.5 Å². The van der Waals surface area contributed by atoms with Crippen LogP contribution in [0.15, 0.2) is 54.9 Å². The zero-order valence-corrected chi connectivity index (χ0v) is 26.3. The molecule has 2 aliphatic rings. The van der Waals surface area contributed by atoms with Crippen molar-refractivity contribution in [2.24, 2.45) is 0 Å². The number of carboxylic acid groups (broad SMARTS) is 1. The van der Waals surface area contributed by atoms with Crippen LogP contribution in [0.1, 0.15) is 48.8 Å². The molecule has 3 atom stereocenters. The third-order valence-corrected chi connectivity index (χ3v) is 8.95. The number of morpholine rings is 1. The summed E-state index contributed by atoms with van der Waals surface area (Å²) in [6, 6.07) is 7.11. The second-order valence-electron chi connectivity index (χ2n) is 11.9. The predicted molar refractivity (Wildman–Crippen MR) is 168 cm³/mol. The highest BCUT2D eigenvalue weighted by atomic mass is 35.5. The predicted octanol–water partition coefficient (Wildman–Crippen LogP) is 4.86. The van der Waals surface area contributed by atoms with E-state index in [0.29, 0.717) is 62.1 Å². The van der Waals surface area contributed by atoms with Gasteiger partial charge in [0.2, 0.25) is 11.8 Å². The monoisotopic (exact) mass is 673 g/mol. The van der Waals surface area contributed by atoms with E-state index in [2.05, 4.69) is 20.9 Å². The molecule has 10 nitrogen and oxygen atoms in total. The molecule has 14 heteroatoms. The number of nitrogens with zero attached hydrogens (tertiary/aromatic N) is 2. The van der Waals surface area contributed by atoms with E-state index in [1.54, 1.807) is 11.8 Å².